The van der Waals surface area contributed by atoms with Gasteiger partial charge >= 0.3 is 0 Å². The molecule has 1 heteroatoms. The lowest BCUT2D eigenvalue weighted by atomic mass is 9.96. The summed E-state index contributed by atoms with van der Waals surface area (Å²) < 4.78 is 0. The molecule has 0 atom stereocenters. The minimum atomic E-state index is 0.207. The average Bonchev–Trinajstić information content (AvgIpc) is 3.11. The predicted molar refractivity (Wildman–Crippen MR) is 99.0 cm³/mol. The lowest BCUT2D eigenvalue weighted by Crippen LogP contribution is -1.99. The Labute approximate surface area is 139 Å². The monoisotopic (exact) mass is 304 g/mol. The lowest BCUT2D eigenvalue weighted by Gasteiger charge is -2.08. The smallest absolute Gasteiger partial charge is 0.160 e. The molecule has 0 radical (unpaired) electrons. The third-order valence-electron chi connectivity index (χ3n) is 4.01. The molecule has 1 nitrogen and oxygen atoms in total. The number of Topliss-reactive ketones (excluding diaryl/α,β-unsaturated/α-hetero) is 1. The highest BCUT2D eigenvalue weighted by molar-refractivity contribution is 6.20. The number of benzene rings is 2. The second-order valence-electron chi connectivity index (χ2n) is 5.72. The highest BCUT2D eigenvalue weighted by atomic mass is 16.1. The van der Waals surface area contributed by atoms with Crippen molar-refractivity contribution in [1.29, 1.82) is 0 Å². The Morgan fingerprint density at radius 3 is 1.87 bits per heavy atom. The molecule has 118 valence electrons. The summed E-state index contributed by atoms with van der Waals surface area (Å²) in [5.41, 5.74) is 4.58. The molecular formula is C22H24O. The first-order chi connectivity index (χ1) is 11.2. The van der Waals surface area contributed by atoms with E-state index in [1.54, 1.807) is 6.92 Å². The summed E-state index contributed by atoms with van der Waals surface area (Å²) in [6.45, 7) is 5.31. The van der Waals surface area contributed by atoms with E-state index in [4.69, 9.17) is 0 Å². The summed E-state index contributed by atoms with van der Waals surface area (Å²) in [5, 5.41) is 0. The first-order valence-electron chi connectivity index (χ1n) is 8.18. The summed E-state index contributed by atoms with van der Waals surface area (Å²) in [6.07, 6.45) is 6.51. The molecule has 0 bridgehead atoms. The molecule has 1 saturated carbocycles. The molecule has 0 spiro atoms. The van der Waals surface area contributed by atoms with E-state index in [0.717, 1.165) is 24.0 Å². The zero-order chi connectivity index (χ0) is 16.5. The standard InChI is InChI=1S/C14H16O.C8H8/c1-11(15)14(13-9-5-6-10-13)12-7-3-2-4-8-12;1-2-8-6-4-3-5-7-8/h2-4,7-8H,5-6,9-10H2,1H3;2-7H,1H2. The molecule has 1 aliphatic rings. The van der Waals surface area contributed by atoms with Gasteiger partial charge in [-0.25, -0.2) is 0 Å². The van der Waals surface area contributed by atoms with Gasteiger partial charge in [0.05, 0.1) is 0 Å². The second kappa shape index (κ2) is 8.89. The van der Waals surface area contributed by atoms with Crippen LogP contribution in [0.4, 0.5) is 0 Å². The molecular weight excluding hydrogens is 280 g/mol. The zero-order valence-electron chi connectivity index (χ0n) is 13.8. The predicted octanol–water partition coefficient (Wildman–Crippen LogP) is 5.93. The van der Waals surface area contributed by atoms with Crippen LogP contribution in [0.1, 0.15) is 43.7 Å². The first-order valence-corrected chi connectivity index (χ1v) is 8.18. The summed E-state index contributed by atoms with van der Waals surface area (Å²) in [5.74, 6) is 0.207. The summed E-state index contributed by atoms with van der Waals surface area (Å²) >= 11 is 0. The van der Waals surface area contributed by atoms with E-state index in [1.807, 2.05) is 66.7 Å². The van der Waals surface area contributed by atoms with Crippen molar-refractivity contribution in [1.82, 2.24) is 0 Å². The van der Waals surface area contributed by atoms with Crippen molar-refractivity contribution in [2.24, 2.45) is 0 Å². The van der Waals surface area contributed by atoms with Gasteiger partial charge in [0, 0.05) is 5.57 Å². The Morgan fingerprint density at radius 1 is 0.913 bits per heavy atom. The maximum Gasteiger partial charge on any atom is 0.160 e. The van der Waals surface area contributed by atoms with Gasteiger partial charge < -0.3 is 0 Å². The van der Waals surface area contributed by atoms with Crippen molar-refractivity contribution in [3.8, 4) is 0 Å². The van der Waals surface area contributed by atoms with Gasteiger partial charge in [-0.3, -0.25) is 4.79 Å². The first kappa shape index (κ1) is 17.0. The van der Waals surface area contributed by atoms with Gasteiger partial charge in [-0.2, -0.15) is 0 Å². The fourth-order valence-electron chi connectivity index (χ4n) is 2.90. The topological polar surface area (TPSA) is 17.1 Å². The van der Waals surface area contributed by atoms with Crippen LogP contribution in [0.3, 0.4) is 0 Å². The van der Waals surface area contributed by atoms with Crippen LogP contribution >= 0.6 is 0 Å². The Morgan fingerprint density at radius 2 is 1.43 bits per heavy atom. The summed E-state index contributed by atoms with van der Waals surface area (Å²) in [4.78, 5) is 11.7. The number of carbonyl (C=O) groups excluding carboxylic acids is 1. The third-order valence-corrected chi connectivity index (χ3v) is 4.01. The molecule has 0 amide bonds. The molecule has 1 fully saturated rings. The maximum absolute atomic E-state index is 11.7. The highest BCUT2D eigenvalue weighted by Gasteiger charge is 2.16. The van der Waals surface area contributed by atoms with Gasteiger partial charge in [0.1, 0.15) is 0 Å². The largest absolute Gasteiger partial charge is 0.294 e. The van der Waals surface area contributed by atoms with E-state index in [1.165, 1.54) is 24.0 Å². The van der Waals surface area contributed by atoms with Crippen LogP contribution in [-0.4, -0.2) is 5.78 Å². The number of ketones is 1. The van der Waals surface area contributed by atoms with E-state index in [9.17, 15) is 4.79 Å². The van der Waals surface area contributed by atoms with Gasteiger partial charge in [0.15, 0.2) is 5.78 Å². The lowest BCUT2D eigenvalue weighted by molar-refractivity contribution is -0.111. The number of carbonyl (C=O) groups is 1. The van der Waals surface area contributed by atoms with Crippen LogP contribution in [0.25, 0.3) is 11.6 Å². The normalized spacial score (nSPS) is 13.0. The summed E-state index contributed by atoms with van der Waals surface area (Å²) in [7, 11) is 0. The molecule has 2 aromatic carbocycles. The van der Waals surface area contributed by atoms with Crippen LogP contribution in [0.2, 0.25) is 0 Å². The van der Waals surface area contributed by atoms with Gasteiger partial charge in [0.25, 0.3) is 0 Å². The Hall–Kier alpha value is -2.41. The highest BCUT2D eigenvalue weighted by Crippen LogP contribution is 2.32. The molecule has 0 heterocycles. The van der Waals surface area contributed by atoms with Crippen molar-refractivity contribution in [3.63, 3.8) is 0 Å². The molecule has 0 aliphatic heterocycles. The Bertz CT molecular complexity index is 658. The molecule has 0 N–H and O–H groups in total. The zero-order valence-corrected chi connectivity index (χ0v) is 13.8. The van der Waals surface area contributed by atoms with Crippen LogP contribution < -0.4 is 0 Å². The number of allylic oxidation sites excluding steroid dienone is 2. The van der Waals surface area contributed by atoms with Crippen molar-refractivity contribution in [3.05, 3.63) is 83.9 Å². The molecule has 1 aliphatic carbocycles. The van der Waals surface area contributed by atoms with Gasteiger partial charge in [-0.05, 0) is 43.7 Å². The molecule has 2 aromatic rings. The van der Waals surface area contributed by atoms with E-state index >= 15 is 0 Å². The Kier molecular flexibility index (Phi) is 6.56. The Balaban J connectivity index is 0.000000203. The van der Waals surface area contributed by atoms with Gasteiger partial charge in [0.2, 0.25) is 0 Å². The van der Waals surface area contributed by atoms with Crippen LogP contribution in [0.15, 0.2) is 72.8 Å². The van der Waals surface area contributed by atoms with Gasteiger partial charge in [-0.1, -0.05) is 78.9 Å². The van der Waals surface area contributed by atoms with Crippen LogP contribution in [0, 0.1) is 0 Å². The van der Waals surface area contributed by atoms with E-state index in [0.29, 0.717) is 0 Å². The second-order valence-corrected chi connectivity index (χ2v) is 5.72. The van der Waals surface area contributed by atoms with Crippen molar-refractivity contribution in [2.45, 2.75) is 32.6 Å². The third kappa shape index (κ3) is 5.07. The quantitative estimate of drug-likeness (QED) is 0.642. The SMILES string of the molecule is C=Cc1ccccc1.CC(=O)C(=C1CCCC1)c1ccccc1. The average molecular weight is 304 g/mol. The molecule has 0 saturated heterocycles. The van der Waals surface area contributed by atoms with E-state index < -0.39 is 0 Å². The minimum absolute atomic E-state index is 0.207. The van der Waals surface area contributed by atoms with E-state index in [-0.39, 0.29) is 5.78 Å². The number of hydrogen-bond donors (Lipinski definition) is 0. The van der Waals surface area contributed by atoms with Crippen molar-refractivity contribution < 1.29 is 4.79 Å². The van der Waals surface area contributed by atoms with Crippen molar-refractivity contribution in [2.75, 3.05) is 0 Å². The molecule has 0 aromatic heterocycles. The minimum Gasteiger partial charge on any atom is -0.294 e. The van der Waals surface area contributed by atoms with Crippen molar-refractivity contribution >= 4 is 17.4 Å². The van der Waals surface area contributed by atoms with Crippen LogP contribution in [-0.2, 0) is 4.79 Å². The fourth-order valence-corrected chi connectivity index (χ4v) is 2.90. The molecule has 3 rings (SSSR count). The molecule has 23 heavy (non-hydrogen) atoms. The maximum atomic E-state index is 11.7. The fraction of sp³-hybridized carbons (Fsp3) is 0.227. The van der Waals surface area contributed by atoms with Crippen LogP contribution in [0.5, 0.6) is 0 Å². The van der Waals surface area contributed by atoms with E-state index in [2.05, 4.69) is 6.58 Å². The molecule has 0 unspecified atom stereocenters. The summed E-state index contributed by atoms with van der Waals surface area (Å²) in [6, 6.07) is 20.1. The number of hydrogen-bond acceptors (Lipinski definition) is 1. The van der Waals surface area contributed by atoms with Gasteiger partial charge in [-0.15, -0.1) is 0 Å². The number of rotatable bonds is 3.